The summed E-state index contributed by atoms with van der Waals surface area (Å²) < 4.78 is 18.6. The molecule has 1 aromatic rings. The number of aliphatic hydroxyl groups excluding tert-OH is 1. The lowest BCUT2D eigenvalue weighted by molar-refractivity contribution is -0.119. The van der Waals surface area contributed by atoms with E-state index in [1.54, 1.807) is 31.2 Å². The number of likely N-dealkylation sites (N-methyl/N-ethyl adjacent to an activating group) is 1. The first-order valence-electron chi connectivity index (χ1n) is 6.40. The Bertz CT molecular complexity index is 452. The van der Waals surface area contributed by atoms with E-state index >= 15 is 0 Å². The molecule has 20 heavy (non-hydrogen) atoms. The fourth-order valence-electron chi connectivity index (χ4n) is 1.92. The van der Waals surface area contributed by atoms with E-state index < -0.39 is 11.9 Å². The van der Waals surface area contributed by atoms with Gasteiger partial charge in [-0.05, 0) is 19.1 Å². The molecular weight excluding hydrogens is 263 g/mol. The van der Waals surface area contributed by atoms with Gasteiger partial charge < -0.3 is 20.1 Å². The van der Waals surface area contributed by atoms with E-state index in [9.17, 15) is 14.3 Å². The Kier molecular flexibility index (Phi) is 6.41. The second-order valence-corrected chi connectivity index (χ2v) is 4.55. The first-order valence-corrected chi connectivity index (χ1v) is 6.40. The molecule has 5 nitrogen and oxygen atoms in total. The van der Waals surface area contributed by atoms with Crippen LogP contribution in [-0.4, -0.2) is 44.9 Å². The van der Waals surface area contributed by atoms with Crippen LogP contribution in [-0.2, 0) is 9.53 Å². The van der Waals surface area contributed by atoms with Crippen LogP contribution in [0.15, 0.2) is 18.2 Å². The summed E-state index contributed by atoms with van der Waals surface area (Å²) in [6.45, 7) is 2.44. The number of hydrogen-bond donors (Lipinski definition) is 2. The summed E-state index contributed by atoms with van der Waals surface area (Å²) >= 11 is 0. The number of nitrogens with zero attached hydrogens (tertiary/aromatic N) is 1. The Balaban J connectivity index is 2.75. The number of carbonyl (C=O) groups excluding carboxylic acids is 1. The molecule has 0 radical (unpaired) electrons. The van der Waals surface area contributed by atoms with Crippen molar-refractivity contribution in [2.45, 2.75) is 13.0 Å². The van der Waals surface area contributed by atoms with Crippen molar-refractivity contribution in [3.05, 3.63) is 29.6 Å². The van der Waals surface area contributed by atoms with E-state index in [2.05, 4.69) is 5.32 Å². The van der Waals surface area contributed by atoms with Crippen LogP contribution in [0.25, 0.3) is 0 Å². The first-order chi connectivity index (χ1) is 9.47. The number of anilines is 1. The molecule has 2 N–H and O–H groups in total. The second kappa shape index (κ2) is 7.81. The van der Waals surface area contributed by atoms with E-state index in [1.165, 1.54) is 13.0 Å². The van der Waals surface area contributed by atoms with Gasteiger partial charge in [0, 0.05) is 32.0 Å². The number of ether oxygens (including phenoxy) is 1. The third kappa shape index (κ3) is 4.47. The van der Waals surface area contributed by atoms with Gasteiger partial charge in [0.15, 0.2) is 0 Å². The number of benzene rings is 1. The van der Waals surface area contributed by atoms with Crippen LogP contribution in [0.5, 0.6) is 0 Å². The maximum atomic E-state index is 13.7. The van der Waals surface area contributed by atoms with E-state index in [-0.39, 0.29) is 18.0 Å². The van der Waals surface area contributed by atoms with Crippen molar-refractivity contribution in [1.82, 2.24) is 5.32 Å². The normalized spacial score (nSPS) is 12.1. The molecule has 1 amide bonds. The first kappa shape index (κ1) is 16.4. The van der Waals surface area contributed by atoms with Gasteiger partial charge in [-0.2, -0.15) is 0 Å². The number of nitrogens with one attached hydrogen (secondary N) is 1. The molecule has 1 aromatic carbocycles. The molecule has 0 aliphatic heterocycles. The molecule has 0 heterocycles. The van der Waals surface area contributed by atoms with Crippen LogP contribution >= 0.6 is 0 Å². The summed E-state index contributed by atoms with van der Waals surface area (Å²) in [5.41, 5.74) is 0.696. The maximum Gasteiger partial charge on any atom is 0.239 e. The molecule has 0 saturated heterocycles. The third-order valence-electron chi connectivity index (χ3n) is 2.87. The van der Waals surface area contributed by atoms with Crippen molar-refractivity contribution >= 4 is 11.6 Å². The minimum atomic E-state index is -0.940. The summed E-state index contributed by atoms with van der Waals surface area (Å²) in [6.07, 6.45) is -0.940. The van der Waals surface area contributed by atoms with E-state index in [0.717, 1.165) is 0 Å². The predicted octanol–water partition coefficient (Wildman–Crippen LogP) is 1.08. The molecule has 0 aliphatic rings. The predicted molar refractivity (Wildman–Crippen MR) is 75.2 cm³/mol. The van der Waals surface area contributed by atoms with Crippen molar-refractivity contribution in [2.24, 2.45) is 0 Å². The highest BCUT2D eigenvalue weighted by Gasteiger charge is 2.17. The summed E-state index contributed by atoms with van der Waals surface area (Å²) in [5.74, 6) is -0.672. The molecular formula is C14H21FN2O3. The van der Waals surface area contributed by atoms with Gasteiger partial charge in [0.25, 0.3) is 0 Å². The quantitative estimate of drug-likeness (QED) is 0.736. The molecule has 0 spiro atoms. The van der Waals surface area contributed by atoms with Crippen LogP contribution in [0.2, 0.25) is 0 Å². The van der Waals surface area contributed by atoms with Crippen molar-refractivity contribution in [3.8, 4) is 0 Å². The zero-order valence-corrected chi connectivity index (χ0v) is 12.0. The van der Waals surface area contributed by atoms with E-state index in [0.29, 0.717) is 18.8 Å². The molecule has 1 rings (SSSR count). The molecule has 0 fully saturated rings. The van der Waals surface area contributed by atoms with Crippen molar-refractivity contribution in [3.63, 3.8) is 0 Å². The lowest BCUT2D eigenvalue weighted by Crippen LogP contribution is -2.37. The SMILES string of the molecule is COCCNC(=O)CN(C)c1cccc(F)c1[C@@H](C)O. The van der Waals surface area contributed by atoms with Gasteiger partial charge in [0.2, 0.25) is 5.91 Å². The zero-order valence-electron chi connectivity index (χ0n) is 12.0. The van der Waals surface area contributed by atoms with E-state index in [4.69, 9.17) is 4.74 Å². The summed E-state index contributed by atoms with van der Waals surface area (Å²) in [6, 6.07) is 4.52. The lowest BCUT2D eigenvalue weighted by Gasteiger charge is -2.23. The molecule has 0 aromatic heterocycles. The van der Waals surface area contributed by atoms with Gasteiger partial charge in [0.1, 0.15) is 5.82 Å². The molecule has 0 unspecified atom stereocenters. The highest BCUT2D eigenvalue weighted by atomic mass is 19.1. The largest absolute Gasteiger partial charge is 0.389 e. The summed E-state index contributed by atoms with van der Waals surface area (Å²) in [7, 11) is 3.23. The standard InChI is InChI=1S/C14H21FN2O3/c1-10(18)14-11(15)5-4-6-12(14)17(2)9-13(19)16-7-8-20-3/h4-6,10,18H,7-9H2,1-3H3,(H,16,19)/t10-/m1/s1. The minimum Gasteiger partial charge on any atom is -0.389 e. The third-order valence-corrected chi connectivity index (χ3v) is 2.87. The highest BCUT2D eigenvalue weighted by Crippen LogP contribution is 2.27. The maximum absolute atomic E-state index is 13.7. The number of aliphatic hydroxyl groups is 1. The monoisotopic (exact) mass is 284 g/mol. The van der Waals surface area contributed by atoms with Gasteiger partial charge in [-0.3, -0.25) is 4.79 Å². The number of hydrogen-bond acceptors (Lipinski definition) is 4. The van der Waals surface area contributed by atoms with Crippen molar-refractivity contribution in [1.29, 1.82) is 0 Å². The van der Waals surface area contributed by atoms with Crippen LogP contribution < -0.4 is 10.2 Å². The minimum absolute atomic E-state index is 0.0763. The van der Waals surface area contributed by atoms with Crippen molar-refractivity contribution < 1.29 is 19.0 Å². The topological polar surface area (TPSA) is 61.8 Å². The number of methoxy groups -OCH3 is 1. The molecule has 6 heteroatoms. The lowest BCUT2D eigenvalue weighted by atomic mass is 10.1. The van der Waals surface area contributed by atoms with Crippen LogP contribution in [0.4, 0.5) is 10.1 Å². The Labute approximate surface area is 118 Å². The van der Waals surface area contributed by atoms with Gasteiger partial charge in [0.05, 0.1) is 19.3 Å². The Hall–Kier alpha value is -1.66. The average Bonchev–Trinajstić information content (AvgIpc) is 2.38. The Morgan fingerprint density at radius 2 is 2.25 bits per heavy atom. The fraction of sp³-hybridized carbons (Fsp3) is 0.500. The number of amides is 1. The van der Waals surface area contributed by atoms with Gasteiger partial charge in [-0.1, -0.05) is 6.07 Å². The summed E-state index contributed by atoms with van der Waals surface area (Å²) in [5, 5.41) is 12.3. The van der Waals surface area contributed by atoms with Crippen molar-refractivity contribution in [2.75, 3.05) is 38.8 Å². The summed E-state index contributed by atoms with van der Waals surface area (Å²) in [4.78, 5) is 13.3. The highest BCUT2D eigenvalue weighted by molar-refractivity contribution is 5.81. The van der Waals surface area contributed by atoms with E-state index in [1.807, 2.05) is 0 Å². The molecule has 0 saturated carbocycles. The zero-order chi connectivity index (χ0) is 15.1. The Morgan fingerprint density at radius 3 is 2.85 bits per heavy atom. The van der Waals surface area contributed by atoms with Gasteiger partial charge in [-0.25, -0.2) is 4.39 Å². The average molecular weight is 284 g/mol. The Morgan fingerprint density at radius 1 is 1.55 bits per heavy atom. The smallest absolute Gasteiger partial charge is 0.239 e. The molecule has 112 valence electrons. The molecule has 1 atom stereocenters. The number of halogens is 1. The number of rotatable bonds is 7. The van der Waals surface area contributed by atoms with Crippen LogP contribution in [0.3, 0.4) is 0 Å². The fourth-order valence-corrected chi connectivity index (χ4v) is 1.92. The van der Waals surface area contributed by atoms with Crippen LogP contribution in [0.1, 0.15) is 18.6 Å². The van der Waals surface area contributed by atoms with Gasteiger partial charge >= 0.3 is 0 Å². The molecule has 0 aliphatic carbocycles. The molecule has 0 bridgehead atoms. The van der Waals surface area contributed by atoms with Gasteiger partial charge in [-0.15, -0.1) is 0 Å². The second-order valence-electron chi connectivity index (χ2n) is 4.55. The van der Waals surface area contributed by atoms with Crippen LogP contribution in [0, 0.1) is 5.82 Å². The number of carbonyl (C=O) groups is 1.